The quantitative estimate of drug-likeness (QED) is 0.551. The van der Waals surface area contributed by atoms with Crippen LogP contribution in [-0.4, -0.2) is 0 Å². The molecular formula is C10H10ClFeN. The minimum Gasteiger partial charge on any atom is -0.449 e. The normalized spacial score (nSPS) is 8.08. The standard InChI is InChI=1S/C5H4Cl.C5H6N.Fe/c2*6-5-3-1-2-4-5;/h1-4H;1-4H,6H2;/q2*-1;+2. The molecular weight excluding hydrogens is 225 g/mol. The van der Waals surface area contributed by atoms with Gasteiger partial charge in [-0.05, 0) is 0 Å². The Hall–Kier alpha value is -0.691. The van der Waals surface area contributed by atoms with E-state index in [1.165, 1.54) is 0 Å². The molecule has 0 amide bonds. The number of rotatable bonds is 0. The van der Waals surface area contributed by atoms with E-state index in [4.69, 9.17) is 17.3 Å². The first-order valence-corrected chi connectivity index (χ1v) is 4.01. The Kier molecular flexibility index (Phi) is 6.43. The van der Waals surface area contributed by atoms with Crippen LogP contribution in [0.25, 0.3) is 0 Å². The first kappa shape index (κ1) is 12.3. The fourth-order valence-electron chi connectivity index (χ4n) is 0.739. The van der Waals surface area contributed by atoms with Crippen LogP contribution < -0.4 is 5.73 Å². The Morgan fingerprint density at radius 2 is 1.23 bits per heavy atom. The molecule has 0 bridgehead atoms. The van der Waals surface area contributed by atoms with Crippen LogP contribution in [0.5, 0.6) is 0 Å². The number of anilines is 1. The van der Waals surface area contributed by atoms with Gasteiger partial charge in [-0.3, -0.25) is 0 Å². The smallest absolute Gasteiger partial charge is 0.449 e. The second-order valence-electron chi connectivity index (χ2n) is 2.32. The van der Waals surface area contributed by atoms with E-state index in [9.17, 15) is 0 Å². The summed E-state index contributed by atoms with van der Waals surface area (Å²) in [7, 11) is 0. The summed E-state index contributed by atoms with van der Waals surface area (Å²) in [6.07, 6.45) is 0. The summed E-state index contributed by atoms with van der Waals surface area (Å²) in [4.78, 5) is 0. The topological polar surface area (TPSA) is 26.0 Å². The molecule has 3 heteroatoms. The van der Waals surface area contributed by atoms with E-state index in [1.54, 1.807) is 0 Å². The third-order valence-corrected chi connectivity index (χ3v) is 1.56. The number of halogens is 1. The number of hydrogen-bond donors (Lipinski definition) is 1. The van der Waals surface area contributed by atoms with Crippen molar-refractivity contribution >= 4 is 17.3 Å². The van der Waals surface area contributed by atoms with Crippen LogP contribution in [0.15, 0.2) is 48.5 Å². The van der Waals surface area contributed by atoms with Gasteiger partial charge in [0, 0.05) is 0 Å². The average Bonchev–Trinajstić information content (AvgIpc) is 2.63. The molecule has 0 atom stereocenters. The molecule has 0 aliphatic rings. The Morgan fingerprint density at radius 1 is 0.846 bits per heavy atom. The van der Waals surface area contributed by atoms with Crippen molar-refractivity contribution in [3.8, 4) is 0 Å². The largest absolute Gasteiger partial charge is 2.00 e. The maximum atomic E-state index is 5.46. The van der Waals surface area contributed by atoms with Crippen molar-refractivity contribution in [3.05, 3.63) is 53.6 Å². The zero-order valence-corrected chi connectivity index (χ0v) is 8.79. The average molecular weight is 235 g/mol. The SMILES string of the molecule is Cl[c-]1cccc1.N[c-]1cccc1.[Fe+2]. The van der Waals surface area contributed by atoms with E-state index in [0.29, 0.717) is 0 Å². The third-order valence-electron chi connectivity index (χ3n) is 1.31. The van der Waals surface area contributed by atoms with Crippen LogP contribution in [-0.2, 0) is 17.1 Å². The maximum absolute atomic E-state index is 5.46. The van der Waals surface area contributed by atoms with Crippen molar-refractivity contribution in [2.24, 2.45) is 0 Å². The van der Waals surface area contributed by atoms with Gasteiger partial charge >= 0.3 is 17.1 Å². The van der Waals surface area contributed by atoms with Crippen molar-refractivity contribution in [1.82, 2.24) is 0 Å². The predicted molar refractivity (Wildman–Crippen MR) is 53.5 cm³/mol. The maximum Gasteiger partial charge on any atom is 2.00 e. The number of hydrogen-bond acceptors (Lipinski definition) is 1. The van der Waals surface area contributed by atoms with Crippen LogP contribution in [0.1, 0.15) is 0 Å². The molecule has 0 spiro atoms. The van der Waals surface area contributed by atoms with E-state index in [0.717, 1.165) is 10.7 Å². The zero-order chi connectivity index (χ0) is 8.81. The minimum atomic E-state index is 0. The molecule has 2 aromatic carbocycles. The molecule has 2 rings (SSSR count). The first-order chi connectivity index (χ1) is 5.79. The van der Waals surface area contributed by atoms with Crippen molar-refractivity contribution in [1.29, 1.82) is 0 Å². The minimum absolute atomic E-state index is 0. The summed E-state index contributed by atoms with van der Waals surface area (Å²) in [6.45, 7) is 0. The van der Waals surface area contributed by atoms with Gasteiger partial charge in [-0.15, -0.1) is 0 Å². The fraction of sp³-hybridized carbons (Fsp3) is 0. The number of nitrogen functional groups attached to an aromatic ring is 1. The second-order valence-corrected chi connectivity index (χ2v) is 2.76. The molecule has 2 N–H and O–H groups in total. The van der Waals surface area contributed by atoms with Crippen molar-refractivity contribution in [2.75, 3.05) is 5.73 Å². The van der Waals surface area contributed by atoms with Crippen LogP contribution in [0.4, 0.5) is 5.69 Å². The van der Waals surface area contributed by atoms with E-state index < -0.39 is 0 Å². The number of nitrogens with two attached hydrogens (primary N) is 1. The zero-order valence-electron chi connectivity index (χ0n) is 6.93. The molecule has 0 radical (unpaired) electrons. The van der Waals surface area contributed by atoms with Gasteiger partial charge in [0.2, 0.25) is 0 Å². The Labute approximate surface area is 93.7 Å². The van der Waals surface area contributed by atoms with Gasteiger partial charge in [0.25, 0.3) is 0 Å². The summed E-state index contributed by atoms with van der Waals surface area (Å²) in [6, 6.07) is 15.1. The predicted octanol–water partition coefficient (Wildman–Crippen LogP) is 3.04. The molecule has 13 heavy (non-hydrogen) atoms. The Balaban J connectivity index is 0.000000206. The molecule has 0 fully saturated rings. The monoisotopic (exact) mass is 235 g/mol. The summed E-state index contributed by atoms with van der Waals surface area (Å²) in [5.41, 5.74) is 6.12. The molecule has 0 aliphatic carbocycles. The molecule has 0 aliphatic heterocycles. The van der Waals surface area contributed by atoms with E-state index in [2.05, 4.69) is 0 Å². The van der Waals surface area contributed by atoms with Crippen LogP contribution >= 0.6 is 11.6 Å². The summed E-state index contributed by atoms with van der Waals surface area (Å²) >= 11 is 5.46. The Bertz CT molecular complexity index is 254. The summed E-state index contributed by atoms with van der Waals surface area (Å²) in [5.74, 6) is 0. The van der Waals surface area contributed by atoms with Gasteiger partial charge in [0.05, 0.1) is 0 Å². The van der Waals surface area contributed by atoms with Gasteiger partial charge in [0.15, 0.2) is 0 Å². The summed E-state index contributed by atoms with van der Waals surface area (Å²) < 4.78 is 0. The molecule has 70 valence electrons. The molecule has 0 heterocycles. The van der Waals surface area contributed by atoms with Crippen LogP contribution in [0.2, 0.25) is 5.02 Å². The van der Waals surface area contributed by atoms with E-state index in [1.807, 2.05) is 48.5 Å². The molecule has 0 saturated heterocycles. The van der Waals surface area contributed by atoms with Crippen molar-refractivity contribution in [3.63, 3.8) is 0 Å². The molecule has 0 saturated carbocycles. The van der Waals surface area contributed by atoms with Gasteiger partial charge in [-0.2, -0.15) is 35.9 Å². The molecule has 0 unspecified atom stereocenters. The van der Waals surface area contributed by atoms with E-state index in [-0.39, 0.29) is 17.1 Å². The van der Waals surface area contributed by atoms with Crippen molar-refractivity contribution in [2.45, 2.75) is 0 Å². The molecule has 2 aromatic rings. The molecule has 0 aromatic heterocycles. The fourth-order valence-corrected chi connectivity index (χ4v) is 0.885. The van der Waals surface area contributed by atoms with Gasteiger partial charge in [-0.25, -0.2) is 24.3 Å². The van der Waals surface area contributed by atoms with Gasteiger partial charge in [0.1, 0.15) is 0 Å². The van der Waals surface area contributed by atoms with Gasteiger partial charge in [-0.1, -0.05) is 10.7 Å². The summed E-state index contributed by atoms with van der Waals surface area (Å²) in [5, 5.41) is 0.815. The van der Waals surface area contributed by atoms with Crippen molar-refractivity contribution < 1.29 is 17.1 Å². The third kappa shape index (κ3) is 5.53. The Morgan fingerprint density at radius 3 is 1.38 bits per heavy atom. The first-order valence-electron chi connectivity index (χ1n) is 3.63. The van der Waals surface area contributed by atoms with E-state index >= 15 is 0 Å². The van der Waals surface area contributed by atoms with Crippen LogP contribution in [0.3, 0.4) is 0 Å². The van der Waals surface area contributed by atoms with Gasteiger partial charge < -0.3 is 5.73 Å². The molecule has 1 nitrogen and oxygen atoms in total. The van der Waals surface area contributed by atoms with Crippen LogP contribution in [0, 0.1) is 0 Å². The second kappa shape index (κ2) is 6.79.